The van der Waals surface area contributed by atoms with Crippen LogP contribution in [-0.2, 0) is 21.5 Å². The number of benzene rings is 1. The smallest absolute Gasteiger partial charge is 0.184 e. The molecule has 4 nitrogen and oxygen atoms in total. The minimum Gasteiger partial charge on any atom is -0.257 e. The summed E-state index contributed by atoms with van der Waals surface area (Å²) in [6.45, 7) is 0. The van der Waals surface area contributed by atoms with E-state index in [4.69, 9.17) is 11.6 Å². The van der Waals surface area contributed by atoms with Crippen molar-refractivity contribution in [2.45, 2.75) is 16.5 Å². The summed E-state index contributed by atoms with van der Waals surface area (Å²) in [6, 6.07) is 8.27. The summed E-state index contributed by atoms with van der Waals surface area (Å²) in [5.74, 6) is -0.0413. The van der Waals surface area contributed by atoms with Gasteiger partial charge in [-0.1, -0.05) is 18.2 Å². The lowest BCUT2D eigenvalue weighted by molar-refractivity contribution is 0.594. The Morgan fingerprint density at radius 3 is 2.22 bits per heavy atom. The Balaban J connectivity index is 2.34. The van der Waals surface area contributed by atoms with Gasteiger partial charge in [-0.3, -0.25) is 9.97 Å². The maximum absolute atomic E-state index is 12.2. The molecule has 0 bridgehead atoms. The SMILES string of the molecule is O=S(=O)(Cc1nccnc1CCl)c1ccccc1. The van der Waals surface area contributed by atoms with Crippen molar-refractivity contribution in [1.29, 1.82) is 0 Å². The van der Waals surface area contributed by atoms with Crippen LogP contribution in [0.5, 0.6) is 0 Å². The van der Waals surface area contributed by atoms with E-state index >= 15 is 0 Å². The third kappa shape index (κ3) is 2.86. The quantitative estimate of drug-likeness (QED) is 0.807. The molecule has 0 aliphatic rings. The second-order valence-electron chi connectivity index (χ2n) is 3.66. The normalized spacial score (nSPS) is 11.4. The molecule has 0 N–H and O–H groups in total. The van der Waals surface area contributed by atoms with Gasteiger partial charge in [0.1, 0.15) is 0 Å². The van der Waals surface area contributed by atoms with Gasteiger partial charge in [0.25, 0.3) is 0 Å². The van der Waals surface area contributed by atoms with Crippen LogP contribution in [0.15, 0.2) is 47.6 Å². The molecule has 1 aromatic heterocycles. The van der Waals surface area contributed by atoms with Gasteiger partial charge in [0.15, 0.2) is 9.84 Å². The van der Waals surface area contributed by atoms with Gasteiger partial charge in [0.2, 0.25) is 0 Å². The van der Waals surface area contributed by atoms with E-state index in [1.54, 1.807) is 30.3 Å². The van der Waals surface area contributed by atoms with Crippen molar-refractivity contribution in [3.8, 4) is 0 Å². The average molecular weight is 283 g/mol. The van der Waals surface area contributed by atoms with Crippen LogP contribution >= 0.6 is 11.6 Å². The molecule has 18 heavy (non-hydrogen) atoms. The van der Waals surface area contributed by atoms with Crippen LogP contribution in [-0.4, -0.2) is 18.4 Å². The van der Waals surface area contributed by atoms with Gasteiger partial charge in [0, 0.05) is 12.4 Å². The third-order valence-corrected chi connectivity index (χ3v) is 4.31. The molecule has 1 heterocycles. The van der Waals surface area contributed by atoms with E-state index in [-0.39, 0.29) is 16.5 Å². The summed E-state index contributed by atoms with van der Waals surface area (Å²) < 4.78 is 24.3. The lowest BCUT2D eigenvalue weighted by atomic mass is 10.3. The van der Waals surface area contributed by atoms with Crippen LogP contribution in [0.2, 0.25) is 0 Å². The molecule has 0 amide bonds. The summed E-state index contributed by atoms with van der Waals surface area (Å²) in [6.07, 6.45) is 2.96. The molecule has 0 saturated carbocycles. The average Bonchev–Trinajstić information content (AvgIpc) is 2.40. The Bertz CT molecular complexity index is 630. The topological polar surface area (TPSA) is 59.9 Å². The fraction of sp³-hybridized carbons (Fsp3) is 0.167. The van der Waals surface area contributed by atoms with Crippen molar-refractivity contribution in [1.82, 2.24) is 9.97 Å². The number of rotatable bonds is 4. The summed E-state index contributed by atoms with van der Waals surface area (Å²) in [7, 11) is -3.41. The summed E-state index contributed by atoms with van der Waals surface area (Å²) in [5.41, 5.74) is 0.898. The number of nitrogens with zero attached hydrogens (tertiary/aromatic N) is 2. The molecule has 2 rings (SSSR count). The van der Waals surface area contributed by atoms with Crippen LogP contribution < -0.4 is 0 Å². The lowest BCUT2D eigenvalue weighted by Crippen LogP contribution is -2.09. The number of halogens is 1. The van der Waals surface area contributed by atoms with E-state index in [1.165, 1.54) is 12.4 Å². The summed E-state index contributed by atoms with van der Waals surface area (Å²) in [5, 5.41) is 0. The highest BCUT2D eigenvalue weighted by Gasteiger charge is 2.18. The Labute approximate surface area is 111 Å². The van der Waals surface area contributed by atoms with Crippen LogP contribution in [0, 0.1) is 0 Å². The first-order chi connectivity index (χ1) is 8.63. The number of hydrogen-bond acceptors (Lipinski definition) is 4. The molecule has 2 aromatic rings. The summed E-state index contributed by atoms with van der Waals surface area (Å²) >= 11 is 5.71. The van der Waals surface area contributed by atoms with Gasteiger partial charge >= 0.3 is 0 Å². The van der Waals surface area contributed by atoms with Crippen LogP contribution in [0.3, 0.4) is 0 Å². The predicted molar refractivity (Wildman–Crippen MR) is 68.9 cm³/mol. The molecule has 0 radical (unpaired) electrons. The van der Waals surface area contributed by atoms with Gasteiger partial charge in [0.05, 0.1) is 27.9 Å². The van der Waals surface area contributed by atoms with Gasteiger partial charge in [-0.15, -0.1) is 11.6 Å². The predicted octanol–water partition coefficient (Wildman–Crippen LogP) is 2.19. The molecule has 0 fully saturated rings. The largest absolute Gasteiger partial charge is 0.257 e. The minimum absolute atomic E-state index is 0.146. The zero-order valence-electron chi connectivity index (χ0n) is 9.45. The monoisotopic (exact) mass is 282 g/mol. The molecule has 0 saturated heterocycles. The molecular formula is C12H11ClN2O2S. The van der Waals surface area contributed by atoms with E-state index in [0.29, 0.717) is 11.4 Å². The van der Waals surface area contributed by atoms with E-state index in [2.05, 4.69) is 9.97 Å². The molecule has 0 atom stereocenters. The third-order valence-electron chi connectivity index (χ3n) is 2.42. The maximum Gasteiger partial charge on any atom is 0.184 e. The van der Waals surface area contributed by atoms with Crippen molar-refractivity contribution in [2.75, 3.05) is 0 Å². The molecule has 6 heteroatoms. The summed E-state index contributed by atoms with van der Waals surface area (Å²) in [4.78, 5) is 8.32. The zero-order chi connectivity index (χ0) is 13.0. The highest BCUT2D eigenvalue weighted by atomic mass is 35.5. The Kier molecular flexibility index (Phi) is 3.93. The van der Waals surface area contributed by atoms with Gasteiger partial charge in [-0.05, 0) is 12.1 Å². The lowest BCUT2D eigenvalue weighted by Gasteiger charge is -2.06. The Hall–Kier alpha value is -1.46. The Morgan fingerprint density at radius 1 is 1.00 bits per heavy atom. The molecule has 0 unspecified atom stereocenters. The molecule has 1 aromatic carbocycles. The van der Waals surface area contributed by atoms with E-state index in [0.717, 1.165) is 0 Å². The molecular weight excluding hydrogens is 272 g/mol. The first-order valence-corrected chi connectivity index (χ1v) is 7.44. The van der Waals surface area contributed by atoms with Gasteiger partial charge < -0.3 is 0 Å². The van der Waals surface area contributed by atoms with Crippen molar-refractivity contribution in [3.05, 3.63) is 54.1 Å². The highest BCUT2D eigenvalue weighted by Crippen LogP contribution is 2.16. The number of aromatic nitrogens is 2. The Morgan fingerprint density at radius 2 is 1.61 bits per heavy atom. The van der Waals surface area contributed by atoms with Crippen LogP contribution in [0.25, 0.3) is 0 Å². The van der Waals surface area contributed by atoms with Crippen LogP contribution in [0.1, 0.15) is 11.4 Å². The molecule has 0 aliphatic heterocycles. The number of hydrogen-bond donors (Lipinski definition) is 0. The minimum atomic E-state index is -3.41. The van der Waals surface area contributed by atoms with Crippen molar-refractivity contribution >= 4 is 21.4 Å². The first-order valence-electron chi connectivity index (χ1n) is 5.26. The highest BCUT2D eigenvalue weighted by molar-refractivity contribution is 7.90. The molecule has 94 valence electrons. The second-order valence-corrected chi connectivity index (χ2v) is 5.91. The van der Waals surface area contributed by atoms with Gasteiger partial charge in [-0.2, -0.15) is 0 Å². The molecule has 0 spiro atoms. The standard InChI is InChI=1S/C12H11ClN2O2S/c13-8-11-12(15-7-6-14-11)9-18(16,17)10-4-2-1-3-5-10/h1-7H,8-9H2. The second kappa shape index (κ2) is 5.46. The number of alkyl halides is 1. The zero-order valence-corrected chi connectivity index (χ0v) is 11.0. The van der Waals surface area contributed by atoms with E-state index < -0.39 is 9.84 Å². The van der Waals surface area contributed by atoms with E-state index in [9.17, 15) is 8.42 Å². The first kappa shape index (κ1) is 13.0. The van der Waals surface area contributed by atoms with Crippen molar-refractivity contribution in [3.63, 3.8) is 0 Å². The van der Waals surface area contributed by atoms with Crippen molar-refractivity contribution < 1.29 is 8.42 Å². The van der Waals surface area contributed by atoms with Gasteiger partial charge in [-0.25, -0.2) is 8.42 Å². The van der Waals surface area contributed by atoms with Crippen LogP contribution in [0.4, 0.5) is 0 Å². The molecule has 0 aliphatic carbocycles. The fourth-order valence-electron chi connectivity index (χ4n) is 1.52. The maximum atomic E-state index is 12.2. The van der Waals surface area contributed by atoms with E-state index in [1.807, 2.05) is 0 Å². The fourth-order valence-corrected chi connectivity index (χ4v) is 3.08. The van der Waals surface area contributed by atoms with Crippen molar-refractivity contribution in [2.24, 2.45) is 0 Å². The number of sulfone groups is 1.